The second-order valence-corrected chi connectivity index (χ2v) is 5.96. The van der Waals surface area contributed by atoms with Gasteiger partial charge in [0.1, 0.15) is 0 Å². The highest BCUT2D eigenvalue weighted by Gasteiger charge is 2.23. The van der Waals surface area contributed by atoms with E-state index in [1.807, 2.05) is 6.07 Å². The molecule has 0 fully saturated rings. The third-order valence-electron chi connectivity index (χ3n) is 2.50. The van der Waals surface area contributed by atoms with Gasteiger partial charge in [0.15, 0.2) is 10.8 Å². The number of aryl methyl sites for hydroxylation is 1. The van der Waals surface area contributed by atoms with Crippen molar-refractivity contribution < 1.29 is 8.42 Å². The molecular formula is C11H10ClN5O2S. The maximum Gasteiger partial charge on any atom is 0.281 e. The number of nitrogens with one attached hydrogen (secondary N) is 1. The van der Waals surface area contributed by atoms with Crippen LogP contribution in [0.3, 0.4) is 0 Å². The molecule has 0 saturated carbocycles. The Morgan fingerprint density at radius 3 is 2.75 bits per heavy atom. The number of benzene rings is 1. The van der Waals surface area contributed by atoms with Gasteiger partial charge in [0.05, 0.1) is 28.7 Å². The first kappa shape index (κ1) is 14.2. The fraction of sp³-hybridized carbons (Fsp3) is 0.0909. The number of rotatable bonds is 3. The fourth-order valence-electron chi connectivity index (χ4n) is 1.63. The molecule has 3 N–H and O–H groups in total. The van der Waals surface area contributed by atoms with Crippen LogP contribution in [0.15, 0.2) is 29.6 Å². The largest absolute Gasteiger partial charge is 0.381 e. The highest BCUT2D eigenvalue weighted by molar-refractivity contribution is 7.92. The number of nitriles is 1. The monoisotopic (exact) mass is 311 g/mol. The van der Waals surface area contributed by atoms with E-state index < -0.39 is 10.0 Å². The van der Waals surface area contributed by atoms with E-state index >= 15 is 0 Å². The number of hydrogen-bond acceptors (Lipinski definition) is 5. The Labute approximate surface area is 120 Å². The summed E-state index contributed by atoms with van der Waals surface area (Å²) >= 11 is 5.91. The van der Waals surface area contributed by atoms with E-state index in [-0.39, 0.29) is 27.1 Å². The molecule has 104 valence electrons. The van der Waals surface area contributed by atoms with E-state index in [4.69, 9.17) is 22.6 Å². The quantitative estimate of drug-likeness (QED) is 0.887. The van der Waals surface area contributed by atoms with Crippen molar-refractivity contribution in [1.82, 2.24) is 9.55 Å². The Morgan fingerprint density at radius 1 is 1.50 bits per heavy atom. The molecule has 0 atom stereocenters. The summed E-state index contributed by atoms with van der Waals surface area (Å²) in [5.41, 5.74) is 5.92. The van der Waals surface area contributed by atoms with Crippen molar-refractivity contribution in [3.63, 3.8) is 0 Å². The van der Waals surface area contributed by atoms with Gasteiger partial charge in [0, 0.05) is 7.05 Å². The molecule has 2 aromatic rings. The smallest absolute Gasteiger partial charge is 0.281 e. The number of halogens is 1. The van der Waals surface area contributed by atoms with Crippen LogP contribution in [0.4, 0.5) is 11.5 Å². The fourth-order valence-corrected chi connectivity index (χ4v) is 3.16. The van der Waals surface area contributed by atoms with Crippen LogP contribution in [-0.2, 0) is 17.1 Å². The molecule has 1 aromatic heterocycles. The van der Waals surface area contributed by atoms with Crippen LogP contribution in [0.25, 0.3) is 0 Å². The van der Waals surface area contributed by atoms with Gasteiger partial charge in [-0.25, -0.2) is 4.98 Å². The van der Waals surface area contributed by atoms with Gasteiger partial charge >= 0.3 is 0 Å². The standard InChI is InChI=1S/C11H10ClN5O2S/c1-17-6-15-10(14)11(17)20(18,19)16-9-4-7(5-13)2-3-8(9)12/h2-4,6,16H,14H2,1H3. The van der Waals surface area contributed by atoms with Gasteiger partial charge < -0.3 is 10.3 Å². The summed E-state index contributed by atoms with van der Waals surface area (Å²) in [5.74, 6) is -0.118. The maximum absolute atomic E-state index is 12.3. The van der Waals surface area contributed by atoms with Gasteiger partial charge in [-0.2, -0.15) is 13.7 Å². The maximum atomic E-state index is 12.3. The number of aromatic nitrogens is 2. The lowest BCUT2D eigenvalue weighted by Crippen LogP contribution is -2.18. The van der Waals surface area contributed by atoms with Gasteiger partial charge in [-0.05, 0) is 18.2 Å². The predicted octanol–water partition coefficient (Wildman–Crippen LogP) is 1.33. The number of nitrogens with zero attached hydrogens (tertiary/aromatic N) is 3. The highest BCUT2D eigenvalue weighted by atomic mass is 35.5. The van der Waals surface area contributed by atoms with Crippen LogP contribution in [0.2, 0.25) is 5.02 Å². The Balaban J connectivity index is 2.47. The van der Waals surface area contributed by atoms with Crippen LogP contribution in [0, 0.1) is 11.3 Å². The minimum atomic E-state index is -3.95. The second-order valence-electron chi connectivity index (χ2n) is 3.96. The Hall–Kier alpha value is -2.24. The van der Waals surface area contributed by atoms with Crippen LogP contribution >= 0.6 is 11.6 Å². The first-order valence-electron chi connectivity index (χ1n) is 5.34. The summed E-state index contributed by atoms with van der Waals surface area (Å²) in [6.07, 6.45) is 1.29. The highest BCUT2D eigenvalue weighted by Crippen LogP contribution is 2.26. The molecule has 7 nitrogen and oxygen atoms in total. The molecule has 1 aromatic carbocycles. The molecule has 0 aliphatic heterocycles. The van der Waals surface area contributed by atoms with E-state index in [9.17, 15) is 8.42 Å². The Bertz CT molecular complexity index is 787. The van der Waals surface area contributed by atoms with Crippen molar-refractivity contribution in [2.75, 3.05) is 10.5 Å². The van der Waals surface area contributed by atoms with Crippen LogP contribution in [-0.4, -0.2) is 18.0 Å². The minimum absolute atomic E-state index is 0.103. The number of imidazole rings is 1. The van der Waals surface area contributed by atoms with Crippen molar-refractivity contribution >= 4 is 33.1 Å². The van der Waals surface area contributed by atoms with E-state index in [2.05, 4.69) is 9.71 Å². The van der Waals surface area contributed by atoms with Gasteiger partial charge in [-0.15, -0.1) is 0 Å². The topological polar surface area (TPSA) is 114 Å². The van der Waals surface area contributed by atoms with Gasteiger partial charge in [-0.1, -0.05) is 11.6 Å². The third kappa shape index (κ3) is 2.54. The molecular weight excluding hydrogens is 302 g/mol. The molecule has 1 heterocycles. The summed E-state index contributed by atoms with van der Waals surface area (Å²) in [6, 6.07) is 6.16. The first-order valence-corrected chi connectivity index (χ1v) is 7.20. The lowest BCUT2D eigenvalue weighted by Gasteiger charge is -2.10. The summed E-state index contributed by atoms with van der Waals surface area (Å²) in [5, 5.41) is 8.82. The normalized spacial score (nSPS) is 11.1. The van der Waals surface area contributed by atoms with Gasteiger partial charge in [-0.3, -0.25) is 4.72 Å². The van der Waals surface area contributed by atoms with Gasteiger partial charge in [0.2, 0.25) is 0 Å². The molecule has 0 aliphatic carbocycles. The predicted molar refractivity (Wildman–Crippen MR) is 74.6 cm³/mol. The molecule has 0 bridgehead atoms. The Morgan fingerprint density at radius 2 is 2.20 bits per heavy atom. The molecule has 0 radical (unpaired) electrons. The van der Waals surface area contributed by atoms with E-state index in [0.29, 0.717) is 0 Å². The third-order valence-corrected chi connectivity index (χ3v) is 4.33. The SMILES string of the molecule is Cn1cnc(N)c1S(=O)(=O)Nc1cc(C#N)ccc1Cl. The Kier molecular flexibility index (Phi) is 3.57. The van der Waals surface area contributed by atoms with Crippen molar-refractivity contribution in [2.45, 2.75) is 5.03 Å². The number of nitrogens with two attached hydrogens (primary N) is 1. The minimum Gasteiger partial charge on any atom is -0.381 e. The molecule has 0 saturated heterocycles. The summed E-state index contributed by atoms with van der Waals surface area (Å²) in [4.78, 5) is 3.72. The molecule has 0 unspecified atom stereocenters. The molecule has 0 spiro atoms. The van der Waals surface area contributed by atoms with Crippen molar-refractivity contribution in [1.29, 1.82) is 5.26 Å². The average molecular weight is 312 g/mol. The van der Waals surface area contributed by atoms with Crippen LogP contribution < -0.4 is 10.5 Å². The number of anilines is 2. The van der Waals surface area contributed by atoms with E-state index in [1.165, 1.54) is 36.1 Å². The average Bonchev–Trinajstić information content (AvgIpc) is 2.72. The second kappa shape index (κ2) is 5.03. The van der Waals surface area contributed by atoms with Crippen molar-refractivity contribution in [3.05, 3.63) is 35.1 Å². The molecule has 20 heavy (non-hydrogen) atoms. The summed E-state index contributed by atoms with van der Waals surface area (Å²) in [7, 11) is -2.44. The van der Waals surface area contributed by atoms with Crippen molar-refractivity contribution in [3.8, 4) is 6.07 Å². The van der Waals surface area contributed by atoms with Gasteiger partial charge in [0.25, 0.3) is 10.0 Å². The number of hydrogen-bond donors (Lipinski definition) is 2. The molecule has 0 amide bonds. The number of sulfonamides is 1. The summed E-state index contributed by atoms with van der Waals surface area (Å²) < 4.78 is 28.1. The van der Waals surface area contributed by atoms with Crippen LogP contribution in [0.1, 0.15) is 5.56 Å². The first-order chi connectivity index (χ1) is 9.35. The van der Waals surface area contributed by atoms with E-state index in [0.717, 1.165) is 0 Å². The zero-order valence-corrected chi connectivity index (χ0v) is 11.9. The molecule has 2 rings (SSSR count). The zero-order chi connectivity index (χ0) is 14.9. The molecule has 0 aliphatic rings. The number of nitrogen functional groups attached to an aromatic ring is 1. The van der Waals surface area contributed by atoms with Crippen LogP contribution in [0.5, 0.6) is 0 Å². The van der Waals surface area contributed by atoms with Crippen molar-refractivity contribution in [2.24, 2.45) is 7.05 Å². The summed E-state index contributed by atoms with van der Waals surface area (Å²) in [6.45, 7) is 0. The lowest BCUT2D eigenvalue weighted by atomic mass is 10.2. The molecule has 9 heteroatoms. The van der Waals surface area contributed by atoms with E-state index in [1.54, 1.807) is 0 Å². The lowest BCUT2D eigenvalue weighted by molar-refractivity contribution is 0.592. The zero-order valence-electron chi connectivity index (χ0n) is 10.3.